The monoisotopic (exact) mass is 282 g/mol. The van der Waals surface area contributed by atoms with Gasteiger partial charge in [0.15, 0.2) is 0 Å². The van der Waals surface area contributed by atoms with Crippen molar-refractivity contribution in [2.75, 3.05) is 0 Å². The van der Waals surface area contributed by atoms with Gasteiger partial charge >= 0.3 is 0 Å². The van der Waals surface area contributed by atoms with Crippen molar-refractivity contribution in [3.05, 3.63) is 0 Å². The van der Waals surface area contributed by atoms with E-state index in [1.54, 1.807) is 16.7 Å². The second-order valence-corrected chi connectivity index (χ2v) is 7.17. The van der Waals surface area contributed by atoms with Crippen LogP contribution >= 0.6 is 11.8 Å². The lowest BCUT2D eigenvalue weighted by atomic mass is 9.94. The lowest BCUT2D eigenvalue weighted by Gasteiger charge is -2.43. The Bertz CT molecular complexity index is 530. The van der Waals surface area contributed by atoms with E-state index in [9.17, 15) is 14.4 Å². The summed E-state index contributed by atoms with van der Waals surface area (Å²) in [5.41, 5.74) is 5.77. The van der Waals surface area contributed by atoms with Crippen LogP contribution in [0.15, 0.2) is 4.99 Å². The molecular weight excluding hydrogens is 268 g/mol. The molecule has 0 radical (unpaired) electrons. The van der Waals surface area contributed by atoms with Crippen LogP contribution in [0.5, 0.6) is 0 Å². The van der Waals surface area contributed by atoms with Crippen molar-refractivity contribution in [1.29, 1.82) is 0 Å². The van der Waals surface area contributed by atoms with Gasteiger partial charge in [-0.25, -0.2) is 0 Å². The first kappa shape index (κ1) is 12.6. The first-order valence-electron chi connectivity index (χ1n) is 5.98. The van der Waals surface area contributed by atoms with E-state index in [0.717, 1.165) is 0 Å². The predicted molar refractivity (Wildman–Crippen MR) is 69.3 cm³/mol. The number of rotatable bonds is 1. The number of hydrogen-bond donors (Lipinski definition) is 2. The lowest BCUT2D eigenvalue weighted by molar-refractivity contribution is -0.145. The predicted octanol–water partition coefficient (Wildman–Crippen LogP) is -1.18. The van der Waals surface area contributed by atoms with Gasteiger partial charge in [-0.1, -0.05) is 0 Å². The topological polar surface area (TPSA) is 105 Å². The van der Waals surface area contributed by atoms with Gasteiger partial charge < -0.3 is 16.0 Å². The second kappa shape index (κ2) is 3.80. The number of hydrogen-bond acceptors (Lipinski definition) is 5. The molecule has 0 spiro atoms. The molecule has 0 aromatic rings. The Morgan fingerprint density at radius 2 is 2.11 bits per heavy atom. The number of thioether (sulfide) groups is 1. The molecule has 0 aromatic carbocycles. The Hall–Kier alpha value is -1.41. The maximum Gasteiger partial charge on any atom is 0.256 e. The van der Waals surface area contributed by atoms with Crippen molar-refractivity contribution in [1.82, 2.24) is 10.2 Å². The van der Waals surface area contributed by atoms with Gasteiger partial charge in [0.1, 0.15) is 29.7 Å². The molecule has 2 fully saturated rings. The van der Waals surface area contributed by atoms with Gasteiger partial charge in [-0.15, -0.1) is 11.8 Å². The van der Waals surface area contributed by atoms with Crippen LogP contribution in [0.1, 0.15) is 20.3 Å². The van der Waals surface area contributed by atoms with Gasteiger partial charge in [0.2, 0.25) is 11.8 Å². The van der Waals surface area contributed by atoms with Crippen LogP contribution in [-0.2, 0) is 14.4 Å². The van der Waals surface area contributed by atoms with E-state index < -0.39 is 18.0 Å². The number of nitrogens with two attached hydrogens (primary N) is 1. The maximum absolute atomic E-state index is 11.9. The molecule has 102 valence electrons. The SMILES string of the molecule is CC1(C)S[C@@H]2C(N)C(=O)N2C1C1=NC(=O)CC(=O)N1. The normalized spacial score (nSPS) is 36.6. The average molecular weight is 282 g/mol. The lowest BCUT2D eigenvalue weighted by Crippen LogP contribution is -2.70. The van der Waals surface area contributed by atoms with Crippen molar-refractivity contribution in [3.8, 4) is 0 Å². The largest absolute Gasteiger partial charge is 0.317 e. The van der Waals surface area contributed by atoms with E-state index in [0.29, 0.717) is 0 Å². The standard InChI is InChI=1S/C11H14N4O3S/c1-11(2)7(8-13-4(16)3-5(17)14-8)15-9(18)6(12)10(15)19-11/h6-7,10H,3,12H2,1-2H3,(H,13,14,16,17)/t6?,7?,10-/m1/s1. The number of β-lactam (4-membered cyclic amide) rings is 1. The van der Waals surface area contributed by atoms with Crippen LogP contribution in [0.3, 0.4) is 0 Å². The molecule has 0 bridgehead atoms. The third kappa shape index (κ3) is 1.70. The summed E-state index contributed by atoms with van der Waals surface area (Å²) in [4.78, 5) is 40.3. The molecule has 3 rings (SSSR count). The summed E-state index contributed by atoms with van der Waals surface area (Å²) in [6.45, 7) is 3.91. The number of amides is 3. The number of amidine groups is 1. The van der Waals surface area contributed by atoms with Crippen molar-refractivity contribution in [3.63, 3.8) is 0 Å². The molecule has 2 saturated heterocycles. The summed E-state index contributed by atoms with van der Waals surface area (Å²) in [7, 11) is 0. The highest BCUT2D eigenvalue weighted by Gasteiger charge is 2.62. The summed E-state index contributed by atoms with van der Waals surface area (Å²) >= 11 is 1.57. The quantitative estimate of drug-likeness (QED) is 0.465. The fourth-order valence-electron chi connectivity index (χ4n) is 2.74. The zero-order chi connectivity index (χ0) is 13.9. The second-order valence-electron chi connectivity index (χ2n) is 5.40. The van der Waals surface area contributed by atoms with Crippen LogP contribution in [-0.4, -0.2) is 50.7 Å². The molecule has 3 amide bonds. The highest BCUT2D eigenvalue weighted by atomic mass is 32.2. The minimum Gasteiger partial charge on any atom is -0.317 e. The zero-order valence-corrected chi connectivity index (χ0v) is 11.4. The van der Waals surface area contributed by atoms with E-state index >= 15 is 0 Å². The number of nitrogens with one attached hydrogen (secondary N) is 1. The summed E-state index contributed by atoms with van der Waals surface area (Å²) in [6.07, 6.45) is -0.235. The molecule has 0 saturated carbocycles. The summed E-state index contributed by atoms with van der Waals surface area (Å²) < 4.78 is -0.349. The molecule has 19 heavy (non-hydrogen) atoms. The Morgan fingerprint density at radius 1 is 1.42 bits per heavy atom. The molecule has 8 heteroatoms. The van der Waals surface area contributed by atoms with Crippen LogP contribution < -0.4 is 11.1 Å². The van der Waals surface area contributed by atoms with Crippen LogP contribution in [0.2, 0.25) is 0 Å². The van der Waals surface area contributed by atoms with Crippen molar-refractivity contribution in [2.24, 2.45) is 10.7 Å². The van der Waals surface area contributed by atoms with Gasteiger partial charge in [0.05, 0.1) is 0 Å². The molecule has 0 aliphatic carbocycles. The van der Waals surface area contributed by atoms with E-state index in [1.807, 2.05) is 13.8 Å². The van der Waals surface area contributed by atoms with Crippen LogP contribution in [0, 0.1) is 0 Å². The number of carbonyl (C=O) groups is 3. The van der Waals surface area contributed by atoms with E-state index in [2.05, 4.69) is 10.3 Å². The summed E-state index contributed by atoms with van der Waals surface area (Å²) in [5.74, 6) is -0.749. The van der Waals surface area contributed by atoms with Gasteiger partial charge in [0, 0.05) is 4.75 Å². The number of fused-ring (bicyclic) bond motifs is 1. The molecule has 3 aliphatic heterocycles. The molecular formula is C11H14N4O3S. The Kier molecular flexibility index (Phi) is 2.52. The summed E-state index contributed by atoms with van der Waals surface area (Å²) in [5, 5.41) is 2.50. The molecule has 3 N–H and O–H groups in total. The summed E-state index contributed by atoms with van der Waals surface area (Å²) in [6, 6.07) is -0.923. The first-order valence-corrected chi connectivity index (χ1v) is 6.86. The smallest absolute Gasteiger partial charge is 0.256 e. The molecule has 3 heterocycles. The van der Waals surface area contributed by atoms with Crippen molar-refractivity contribution in [2.45, 2.75) is 42.5 Å². The van der Waals surface area contributed by atoms with E-state index in [-0.39, 0.29) is 34.2 Å². The maximum atomic E-state index is 11.9. The molecule has 7 nitrogen and oxygen atoms in total. The number of aliphatic imine (C=N–C) groups is 1. The van der Waals surface area contributed by atoms with E-state index in [4.69, 9.17) is 5.73 Å². The Labute approximate surface area is 114 Å². The number of carbonyl (C=O) groups excluding carboxylic acids is 3. The van der Waals surface area contributed by atoms with Crippen LogP contribution in [0.25, 0.3) is 0 Å². The zero-order valence-electron chi connectivity index (χ0n) is 10.5. The van der Waals surface area contributed by atoms with Gasteiger partial charge in [0.25, 0.3) is 5.91 Å². The molecule has 2 unspecified atom stereocenters. The highest BCUT2D eigenvalue weighted by molar-refractivity contribution is 8.01. The van der Waals surface area contributed by atoms with Gasteiger partial charge in [-0.3, -0.25) is 14.4 Å². The molecule has 3 atom stereocenters. The Balaban J connectivity index is 1.97. The fourth-order valence-corrected chi connectivity index (χ4v) is 4.32. The minimum absolute atomic E-state index is 0.107. The number of nitrogens with zero attached hydrogens (tertiary/aromatic N) is 2. The van der Waals surface area contributed by atoms with E-state index in [1.165, 1.54) is 0 Å². The fraction of sp³-hybridized carbons (Fsp3) is 0.636. The molecule has 3 aliphatic rings. The third-order valence-electron chi connectivity index (χ3n) is 3.57. The van der Waals surface area contributed by atoms with Crippen molar-refractivity contribution >= 4 is 35.3 Å². The minimum atomic E-state index is -0.509. The van der Waals surface area contributed by atoms with Crippen LogP contribution in [0.4, 0.5) is 0 Å². The van der Waals surface area contributed by atoms with Gasteiger partial charge in [-0.2, -0.15) is 4.99 Å². The first-order chi connectivity index (χ1) is 8.81. The molecule has 0 aromatic heterocycles. The highest BCUT2D eigenvalue weighted by Crippen LogP contribution is 2.50. The Morgan fingerprint density at radius 3 is 2.74 bits per heavy atom. The van der Waals surface area contributed by atoms with Crippen molar-refractivity contribution < 1.29 is 14.4 Å². The van der Waals surface area contributed by atoms with Gasteiger partial charge in [-0.05, 0) is 13.8 Å². The average Bonchev–Trinajstić information content (AvgIpc) is 2.56. The third-order valence-corrected chi connectivity index (χ3v) is 5.16.